The summed E-state index contributed by atoms with van der Waals surface area (Å²) in [6, 6.07) is 0. The molecule has 0 amide bonds. The number of hydrogen-bond donors (Lipinski definition) is 2. The molecule has 2 saturated carbocycles. The normalized spacial score (nSPS) is 47.1. The molecule has 2 aliphatic carbocycles. The van der Waals surface area contributed by atoms with Crippen LogP contribution in [0.25, 0.3) is 0 Å². The summed E-state index contributed by atoms with van der Waals surface area (Å²) in [5.74, 6) is -0.500. The molecule has 2 N–H and O–H groups in total. The molecule has 2 fully saturated rings. The summed E-state index contributed by atoms with van der Waals surface area (Å²) < 4.78 is 18.1. The number of fused-ring (bicyclic) bond motifs is 1. The van der Waals surface area contributed by atoms with Crippen molar-refractivity contribution >= 4 is 15.0 Å². The second-order valence-electron chi connectivity index (χ2n) is 5.88. The van der Waals surface area contributed by atoms with Crippen LogP contribution >= 0.6 is 7.14 Å². The van der Waals surface area contributed by atoms with E-state index in [9.17, 15) is 14.8 Å². The van der Waals surface area contributed by atoms with Crippen LogP contribution in [0.1, 0.15) is 27.2 Å². The maximum atomic E-state index is 12.3. The van der Waals surface area contributed by atoms with Gasteiger partial charge in [-0.15, -0.1) is 0 Å². The molecule has 0 aliphatic heterocycles. The molecule has 2 rings (SSSR count). The van der Waals surface area contributed by atoms with Crippen LogP contribution in [0.4, 0.5) is 0 Å². The van der Waals surface area contributed by atoms with Crippen LogP contribution in [0.3, 0.4) is 0 Å². The Balaban J connectivity index is 2.07. The van der Waals surface area contributed by atoms with Crippen molar-refractivity contribution in [3.05, 3.63) is 0 Å². The lowest BCUT2D eigenvalue weighted by molar-refractivity contribution is -0.115. The zero-order valence-corrected chi connectivity index (χ0v) is 12.2. The van der Waals surface area contributed by atoms with E-state index < -0.39 is 30.3 Å². The minimum Gasteiger partial charge on any atom is -0.388 e. The monoisotopic (exact) mass is 272 g/mol. The molecule has 0 aromatic rings. The Kier molecular flexibility index (Phi) is 3.52. The van der Waals surface area contributed by atoms with E-state index in [4.69, 9.17) is 12.6 Å². The predicted molar refractivity (Wildman–Crippen MR) is 71.6 cm³/mol. The number of aliphatic hydroxyl groups is 2. The van der Waals surface area contributed by atoms with Crippen molar-refractivity contribution in [2.45, 2.75) is 50.3 Å². The van der Waals surface area contributed by atoms with Gasteiger partial charge in [-0.1, -0.05) is 13.8 Å². The Hall–Kier alpha value is 0.175. The third-order valence-corrected chi connectivity index (χ3v) is 7.76. The third-order valence-electron chi connectivity index (χ3n) is 4.85. The molecule has 6 heteroatoms. The molecule has 0 unspecified atom stereocenters. The van der Waals surface area contributed by atoms with Crippen LogP contribution in [-0.4, -0.2) is 54.0 Å². The summed E-state index contributed by atoms with van der Waals surface area (Å²) in [7, 11) is 3.63. The molecule has 0 bridgehead atoms. The first-order valence-corrected chi connectivity index (χ1v) is 8.87. The molecule has 5 atom stereocenters. The summed E-state index contributed by atoms with van der Waals surface area (Å²) in [5, 5.41) is 20.3. The van der Waals surface area contributed by atoms with E-state index in [0.717, 1.165) is 0 Å². The second kappa shape index (κ2) is 4.34. The molecular weight excluding hydrogens is 250 g/mol. The van der Waals surface area contributed by atoms with Gasteiger partial charge in [0.1, 0.15) is 25.2 Å². The Bertz CT molecular complexity index is 378. The molecule has 0 heterocycles. The van der Waals surface area contributed by atoms with E-state index in [1.165, 1.54) is 0 Å². The summed E-state index contributed by atoms with van der Waals surface area (Å²) in [5.41, 5.74) is -2.08. The molecule has 0 saturated heterocycles. The molecular formula is C12H22BO4P. The zero-order chi connectivity index (χ0) is 13.8. The summed E-state index contributed by atoms with van der Waals surface area (Å²) in [6.45, 7) is 5.32. The first-order valence-electron chi connectivity index (χ1n) is 6.60. The topological polar surface area (TPSA) is 66.8 Å². The van der Waals surface area contributed by atoms with E-state index >= 15 is 0 Å². The summed E-state index contributed by atoms with van der Waals surface area (Å²) in [4.78, 5) is 0. The van der Waals surface area contributed by atoms with Crippen LogP contribution in [0.2, 0.25) is 5.82 Å². The van der Waals surface area contributed by atoms with Crippen LogP contribution in [0.15, 0.2) is 0 Å². The summed E-state index contributed by atoms with van der Waals surface area (Å²) >= 11 is 0. The highest BCUT2D eigenvalue weighted by Crippen LogP contribution is 2.67. The van der Waals surface area contributed by atoms with Gasteiger partial charge in [0.05, 0.1) is 13.4 Å². The fourth-order valence-corrected chi connectivity index (χ4v) is 4.29. The third kappa shape index (κ3) is 1.91. The van der Waals surface area contributed by atoms with Gasteiger partial charge < -0.3 is 19.5 Å². The molecule has 0 spiro atoms. The minimum absolute atomic E-state index is 0.0235. The lowest BCUT2D eigenvalue weighted by Crippen LogP contribution is -2.46. The zero-order valence-electron chi connectivity index (χ0n) is 11.3. The fraction of sp³-hybridized carbons (Fsp3) is 1.00. The van der Waals surface area contributed by atoms with Gasteiger partial charge >= 0.3 is 0 Å². The van der Waals surface area contributed by atoms with Gasteiger partial charge in [-0.2, -0.15) is 0 Å². The van der Waals surface area contributed by atoms with Crippen molar-refractivity contribution in [1.29, 1.82) is 0 Å². The van der Waals surface area contributed by atoms with Crippen molar-refractivity contribution in [1.82, 2.24) is 0 Å². The Morgan fingerprint density at radius 2 is 2.00 bits per heavy atom. The Labute approximate surface area is 110 Å². The highest BCUT2D eigenvalue weighted by Gasteiger charge is 2.74. The smallest absolute Gasteiger partial charge is 0.112 e. The van der Waals surface area contributed by atoms with Crippen molar-refractivity contribution in [3.63, 3.8) is 0 Å². The lowest BCUT2D eigenvalue weighted by Gasteiger charge is -2.32. The molecule has 2 radical (unpaired) electrons. The maximum Gasteiger partial charge on any atom is 0.112 e. The van der Waals surface area contributed by atoms with Crippen LogP contribution in [0.5, 0.6) is 0 Å². The van der Waals surface area contributed by atoms with Gasteiger partial charge in [-0.05, 0) is 25.1 Å². The fourth-order valence-electron chi connectivity index (χ4n) is 3.00. The minimum atomic E-state index is -2.29. The van der Waals surface area contributed by atoms with Crippen molar-refractivity contribution < 1.29 is 19.5 Å². The van der Waals surface area contributed by atoms with Gasteiger partial charge in [0.2, 0.25) is 0 Å². The Morgan fingerprint density at radius 3 is 2.39 bits per heavy atom. The quantitative estimate of drug-likeness (QED) is 0.583. The highest BCUT2D eigenvalue weighted by atomic mass is 31.2. The first-order chi connectivity index (χ1) is 8.23. The molecule has 18 heavy (non-hydrogen) atoms. The number of aliphatic hydroxyl groups excluding tert-OH is 1. The molecule has 4 nitrogen and oxygen atoms in total. The van der Waals surface area contributed by atoms with Crippen molar-refractivity contribution in [2.75, 3.05) is 18.7 Å². The van der Waals surface area contributed by atoms with Gasteiger partial charge in [0, 0.05) is 12.3 Å². The summed E-state index contributed by atoms with van der Waals surface area (Å²) in [6.07, 6.45) is 1.04. The van der Waals surface area contributed by atoms with Gasteiger partial charge in [-0.25, -0.2) is 0 Å². The van der Waals surface area contributed by atoms with Crippen molar-refractivity contribution in [2.24, 2.45) is 5.92 Å². The number of ether oxygens (including phenoxy) is 1. The molecule has 102 valence electrons. The standard InChI is InChI=1S/C12H22BO4P/c1-4-18(16,5-2)7-17-12-6-8(12)9(13)11(3,15)10(12)14/h8-10,14-15H,4-7H2,1-3H3/t8-,9-,10+,11+,12+/m1/s1. The van der Waals surface area contributed by atoms with E-state index in [2.05, 4.69) is 0 Å². The first kappa shape index (κ1) is 14.6. The maximum absolute atomic E-state index is 12.3. The van der Waals surface area contributed by atoms with E-state index in [1.807, 2.05) is 13.8 Å². The lowest BCUT2D eigenvalue weighted by atomic mass is 9.73. The van der Waals surface area contributed by atoms with Crippen LogP contribution in [0, 0.1) is 5.92 Å². The Morgan fingerprint density at radius 1 is 1.44 bits per heavy atom. The van der Waals surface area contributed by atoms with Crippen LogP contribution < -0.4 is 0 Å². The second-order valence-corrected chi connectivity index (χ2v) is 9.52. The van der Waals surface area contributed by atoms with Gasteiger partial charge in [0.15, 0.2) is 0 Å². The number of rotatable bonds is 5. The van der Waals surface area contributed by atoms with E-state index in [-0.39, 0.29) is 12.3 Å². The predicted octanol–water partition coefficient (Wildman–Crippen LogP) is 1.20. The molecule has 0 aromatic carbocycles. The SMILES string of the molecule is [B][C@@H]1[C@H]2C[C@@]2(OCP(=O)(CC)CC)[C@@H](O)[C@@]1(C)O. The van der Waals surface area contributed by atoms with E-state index in [0.29, 0.717) is 18.7 Å². The van der Waals surface area contributed by atoms with Gasteiger partial charge in [0.25, 0.3) is 0 Å². The largest absolute Gasteiger partial charge is 0.388 e. The highest BCUT2D eigenvalue weighted by molar-refractivity contribution is 7.63. The average molecular weight is 272 g/mol. The van der Waals surface area contributed by atoms with Gasteiger partial charge in [-0.3, -0.25) is 0 Å². The van der Waals surface area contributed by atoms with Crippen molar-refractivity contribution in [3.8, 4) is 0 Å². The number of hydrogen-bond acceptors (Lipinski definition) is 4. The van der Waals surface area contributed by atoms with Crippen LogP contribution in [-0.2, 0) is 9.30 Å². The molecule has 0 aromatic heterocycles. The molecule has 2 aliphatic rings. The average Bonchev–Trinajstić information content (AvgIpc) is 3.06. The van der Waals surface area contributed by atoms with E-state index in [1.54, 1.807) is 6.92 Å².